The minimum Gasteiger partial charge on any atom is -0.307 e. The lowest BCUT2D eigenvalue weighted by Gasteiger charge is -2.11. The standard InChI is InChI=1S/C12H17NO.ClH/c1-3-9-13-10(2)12(14)11-7-5-4-6-8-11;/h4-8,10,13H,3,9H2,1-2H3;1H/i1D3,3D2,9D2;. The molecule has 1 N–H and O–H groups in total. The predicted molar refractivity (Wildman–Crippen MR) is 65.8 cm³/mol. The Morgan fingerprint density at radius 2 is 2.20 bits per heavy atom. The number of halogens is 1. The van der Waals surface area contributed by atoms with E-state index in [1.54, 1.807) is 30.3 Å². The molecule has 0 fully saturated rings. The topological polar surface area (TPSA) is 29.1 Å². The van der Waals surface area contributed by atoms with Crippen LogP contribution in [-0.4, -0.2) is 18.3 Å². The smallest absolute Gasteiger partial charge is 0.179 e. The number of hydrogen-bond acceptors (Lipinski definition) is 2. The van der Waals surface area contributed by atoms with Gasteiger partial charge in [0, 0.05) is 15.2 Å². The maximum atomic E-state index is 12.1. The first-order valence-electron chi connectivity index (χ1n) is 7.77. The number of carbonyl (C=O) groups is 1. The van der Waals surface area contributed by atoms with Crippen molar-refractivity contribution in [3.8, 4) is 0 Å². The van der Waals surface area contributed by atoms with Gasteiger partial charge in [-0.3, -0.25) is 4.79 Å². The SMILES string of the molecule is Cl.[2H]C([2H])([2H])C([2H])([2H])C([2H])([2H])NC(C)C(=O)c1ccccc1. The maximum Gasteiger partial charge on any atom is 0.179 e. The Hall–Kier alpha value is -0.860. The van der Waals surface area contributed by atoms with Crippen LogP contribution in [0.5, 0.6) is 0 Å². The van der Waals surface area contributed by atoms with E-state index in [0.29, 0.717) is 5.56 Å². The Morgan fingerprint density at radius 3 is 2.80 bits per heavy atom. The van der Waals surface area contributed by atoms with Gasteiger partial charge in [0.25, 0.3) is 0 Å². The van der Waals surface area contributed by atoms with Crippen molar-refractivity contribution in [1.82, 2.24) is 5.32 Å². The van der Waals surface area contributed by atoms with Gasteiger partial charge in [-0.1, -0.05) is 37.2 Å². The van der Waals surface area contributed by atoms with E-state index < -0.39 is 31.5 Å². The van der Waals surface area contributed by atoms with E-state index in [9.17, 15) is 4.79 Å². The molecule has 1 aromatic carbocycles. The summed E-state index contributed by atoms with van der Waals surface area (Å²) in [7, 11) is 0. The molecular weight excluding hydrogens is 210 g/mol. The fraction of sp³-hybridized carbons (Fsp3) is 0.417. The number of rotatable bonds is 5. The van der Waals surface area contributed by atoms with Crippen molar-refractivity contribution in [2.45, 2.75) is 26.2 Å². The second-order valence-corrected chi connectivity index (χ2v) is 2.85. The Kier molecular flexibility index (Phi) is 2.98. The molecule has 0 aliphatic heterocycles. The molecule has 0 saturated heterocycles. The van der Waals surface area contributed by atoms with Crippen molar-refractivity contribution in [3.05, 3.63) is 35.9 Å². The number of nitrogens with one attached hydrogen (secondary N) is 1. The number of benzene rings is 1. The zero-order valence-corrected chi connectivity index (χ0v) is 9.10. The molecule has 0 aliphatic rings. The summed E-state index contributed by atoms with van der Waals surface area (Å²) < 4.78 is 51.5. The predicted octanol–water partition coefficient (Wildman–Crippen LogP) is 2.68. The lowest BCUT2D eigenvalue weighted by atomic mass is 10.1. The van der Waals surface area contributed by atoms with Crippen molar-refractivity contribution < 1.29 is 14.4 Å². The highest BCUT2D eigenvalue weighted by atomic mass is 35.5. The van der Waals surface area contributed by atoms with Gasteiger partial charge < -0.3 is 5.32 Å². The molecule has 84 valence electrons. The molecule has 15 heavy (non-hydrogen) atoms. The molecule has 0 aliphatic carbocycles. The van der Waals surface area contributed by atoms with Gasteiger partial charge in [0.15, 0.2) is 5.78 Å². The summed E-state index contributed by atoms with van der Waals surface area (Å²) in [5, 5.41) is 2.15. The summed E-state index contributed by atoms with van der Waals surface area (Å²) in [6.45, 7) is -4.68. The van der Waals surface area contributed by atoms with Crippen LogP contribution < -0.4 is 5.32 Å². The van der Waals surface area contributed by atoms with Gasteiger partial charge in [0.1, 0.15) is 0 Å². The highest BCUT2D eigenvalue weighted by molar-refractivity contribution is 5.99. The van der Waals surface area contributed by atoms with Gasteiger partial charge in [-0.2, -0.15) is 0 Å². The van der Waals surface area contributed by atoms with Crippen molar-refractivity contribution >= 4 is 18.2 Å². The summed E-state index contributed by atoms with van der Waals surface area (Å²) in [5.41, 5.74) is 0.336. The van der Waals surface area contributed by atoms with Gasteiger partial charge >= 0.3 is 0 Å². The van der Waals surface area contributed by atoms with Gasteiger partial charge in [0.2, 0.25) is 0 Å². The molecule has 0 amide bonds. The van der Waals surface area contributed by atoms with Crippen LogP contribution in [0.2, 0.25) is 0 Å². The van der Waals surface area contributed by atoms with Crippen LogP contribution in [0.1, 0.15) is 40.1 Å². The van der Waals surface area contributed by atoms with Crippen LogP contribution in [0.4, 0.5) is 0 Å². The summed E-state index contributed by atoms with van der Waals surface area (Å²) in [5.74, 6) is -0.444. The normalized spacial score (nSPS) is 21.3. The highest BCUT2D eigenvalue weighted by Crippen LogP contribution is 2.02. The summed E-state index contributed by atoms with van der Waals surface area (Å²) >= 11 is 0. The third-order valence-electron chi connectivity index (χ3n) is 1.80. The van der Waals surface area contributed by atoms with E-state index >= 15 is 0 Å². The summed E-state index contributed by atoms with van der Waals surface area (Å²) in [6, 6.07) is 7.05. The Bertz CT molecular complexity index is 504. The van der Waals surface area contributed by atoms with Crippen LogP contribution in [0, 0.1) is 0 Å². The zero-order valence-electron chi connectivity index (χ0n) is 15.3. The Morgan fingerprint density at radius 1 is 1.53 bits per heavy atom. The second-order valence-electron chi connectivity index (χ2n) is 2.85. The van der Waals surface area contributed by atoms with E-state index in [-0.39, 0.29) is 12.4 Å². The first-order chi connectivity index (χ1) is 9.40. The van der Waals surface area contributed by atoms with E-state index in [2.05, 4.69) is 5.32 Å². The lowest BCUT2D eigenvalue weighted by Crippen LogP contribution is -2.34. The molecule has 2 nitrogen and oxygen atoms in total. The summed E-state index contributed by atoms with van der Waals surface area (Å²) in [6.07, 6.45) is -3.13. The third-order valence-corrected chi connectivity index (χ3v) is 1.80. The van der Waals surface area contributed by atoms with Gasteiger partial charge in [-0.05, 0) is 19.8 Å². The van der Waals surface area contributed by atoms with Crippen molar-refractivity contribution in [2.75, 3.05) is 6.50 Å². The van der Waals surface area contributed by atoms with Crippen molar-refractivity contribution in [3.63, 3.8) is 0 Å². The fourth-order valence-corrected chi connectivity index (χ4v) is 1.06. The minimum absolute atomic E-state index is 0. The number of hydrogen-bond donors (Lipinski definition) is 1. The minimum atomic E-state index is -3.15. The molecule has 0 bridgehead atoms. The molecule has 0 radical (unpaired) electrons. The van der Waals surface area contributed by atoms with E-state index in [0.717, 1.165) is 0 Å². The molecule has 0 spiro atoms. The zero-order chi connectivity index (χ0) is 16.5. The number of Topliss-reactive ketones (excluding diaryl/α,β-unsaturated/α-hetero) is 1. The maximum absolute atomic E-state index is 12.1. The van der Waals surface area contributed by atoms with E-state index in [4.69, 9.17) is 9.60 Å². The quantitative estimate of drug-likeness (QED) is 0.794. The first kappa shape index (κ1) is 6.02. The van der Waals surface area contributed by atoms with Crippen molar-refractivity contribution in [2.24, 2.45) is 0 Å². The lowest BCUT2D eigenvalue weighted by molar-refractivity contribution is 0.0951. The largest absolute Gasteiger partial charge is 0.307 e. The first-order valence-corrected chi connectivity index (χ1v) is 4.27. The molecule has 1 rings (SSSR count). The fourth-order valence-electron chi connectivity index (χ4n) is 1.06. The number of carbonyl (C=O) groups excluding carboxylic acids is 1. The molecule has 1 aromatic rings. The monoisotopic (exact) mass is 234 g/mol. The van der Waals surface area contributed by atoms with E-state index in [1.165, 1.54) is 6.92 Å². The average Bonchev–Trinajstić information content (AvgIpc) is 2.36. The van der Waals surface area contributed by atoms with Crippen LogP contribution in [-0.2, 0) is 0 Å². The van der Waals surface area contributed by atoms with Crippen LogP contribution in [0.25, 0.3) is 0 Å². The Balaban J connectivity index is 0.00000441. The van der Waals surface area contributed by atoms with Crippen molar-refractivity contribution in [1.29, 1.82) is 0 Å². The average molecular weight is 235 g/mol. The van der Waals surface area contributed by atoms with Crippen LogP contribution >= 0.6 is 12.4 Å². The van der Waals surface area contributed by atoms with E-state index in [1.807, 2.05) is 0 Å². The van der Waals surface area contributed by atoms with Crippen LogP contribution in [0.15, 0.2) is 30.3 Å². The Labute approximate surface area is 107 Å². The van der Waals surface area contributed by atoms with Gasteiger partial charge in [-0.15, -0.1) is 12.4 Å². The number of ketones is 1. The second kappa shape index (κ2) is 7.43. The molecule has 1 atom stereocenters. The summed E-state index contributed by atoms with van der Waals surface area (Å²) in [4.78, 5) is 12.1. The van der Waals surface area contributed by atoms with Gasteiger partial charge in [0.05, 0.1) is 6.04 Å². The molecule has 0 aromatic heterocycles. The molecular formula is C12H18ClNO. The molecule has 1 unspecified atom stereocenters. The molecule has 0 heterocycles. The third kappa shape index (κ3) is 4.45. The van der Waals surface area contributed by atoms with Gasteiger partial charge in [-0.25, -0.2) is 0 Å². The molecule has 3 heteroatoms. The van der Waals surface area contributed by atoms with Crippen LogP contribution in [0.3, 0.4) is 0 Å². The molecule has 0 saturated carbocycles. The highest BCUT2D eigenvalue weighted by Gasteiger charge is 2.12.